The molecular formula is C16H22N4. The molecule has 1 aliphatic heterocycles. The van der Waals surface area contributed by atoms with Crippen molar-refractivity contribution in [1.29, 1.82) is 0 Å². The molecule has 2 fully saturated rings. The molecule has 2 heterocycles. The number of H-pyrrole nitrogens is 1. The monoisotopic (exact) mass is 270 g/mol. The van der Waals surface area contributed by atoms with Gasteiger partial charge in [-0.2, -0.15) is 5.10 Å². The predicted molar refractivity (Wildman–Crippen MR) is 82.8 cm³/mol. The van der Waals surface area contributed by atoms with E-state index in [1.807, 2.05) is 6.20 Å². The molecule has 4 rings (SSSR count). The molecule has 4 nitrogen and oxygen atoms in total. The number of nitrogens with one attached hydrogen (secondary N) is 1. The average molecular weight is 270 g/mol. The number of benzene rings is 1. The largest absolute Gasteiger partial charge is 0.397 e. The van der Waals surface area contributed by atoms with Gasteiger partial charge in [0, 0.05) is 18.0 Å². The number of aromatic nitrogens is 2. The van der Waals surface area contributed by atoms with E-state index in [-0.39, 0.29) is 0 Å². The number of hydrogen-bond donors (Lipinski definition) is 2. The van der Waals surface area contributed by atoms with Crippen molar-refractivity contribution >= 4 is 22.3 Å². The number of fused-ring (bicyclic) bond motifs is 2. The molecule has 2 atom stereocenters. The minimum absolute atomic E-state index is 0.695. The van der Waals surface area contributed by atoms with Gasteiger partial charge in [-0.1, -0.05) is 12.8 Å². The van der Waals surface area contributed by atoms with Crippen LogP contribution >= 0.6 is 0 Å². The van der Waals surface area contributed by atoms with Crippen molar-refractivity contribution in [3.05, 3.63) is 18.3 Å². The summed E-state index contributed by atoms with van der Waals surface area (Å²) < 4.78 is 0. The smallest absolute Gasteiger partial charge is 0.0672 e. The van der Waals surface area contributed by atoms with E-state index in [9.17, 15) is 0 Å². The third-order valence-electron chi connectivity index (χ3n) is 5.14. The summed E-state index contributed by atoms with van der Waals surface area (Å²) in [5.74, 6) is 0.870. The van der Waals surface area contributed by atoms with Gasteiger partial charge in [0.15, 0.2) is 0 Å². The molecule has 3 N–H and O–H groups in total. The maximum Gasteiger partial charge on any atom is 0.0672 e. The Balaban J connectivity index is 1.74. The average Bonchev–Trinajstić information content (AvgIpc) is 2.93. The second-order valence-electron chi connectivity index (χ2n) is 6.32. The molecule has 2 unspecified atom stereocenters. The number of nitrogens with two attached hydrogens (primary N) is 1. The van der Waals surface area contributed by atoms with Crippen molar-refractivity contribution < 1.29 is 0 Å². The molecule has 1 aromatic heterocycles. The zero-order chi connectivity index (χ0) is 13.5. The highest BCUT2D eigenvalue weighted by Crippen LogP contribution is 2.40. The molecule has 106 valence electrons. The van der Waals surface area contributed by atoms with E-state index in [0.29, 0.717) is 6.04 Å². The number of nitrogen functional groups attached to an aromatic ring is 1. The first-order valence-corrected chi connectivity index (χ1v) is 7.82. The van der Waals surface area contributed by atoms with E-state index in [1.165, 1.54) is 44.2 Å². The summed E-state index contributed by atoms with van der Waals surface area (Å²) in [6.45, 7) is 1.14. The predicted octanol–water partition coefficient (Wildman–Crippen LogP) is 3.30. The number of anilines is 2. The molecule has 2 aliphatic rings. The molecular weight excluding hydrogens is 248 g/mol. The highest BCUT2D eigenvalue weighted by atomic mass is 15.2. The quantitative estimate of drug-likeness (QED) is 0.782. The molecule has 0 radical (unpaired) electrons. The van der Waals surface area contributed by atoms with Crippen LogP contribution < -0.4 is 10.6 Å². The molecule has 0 bridgehead atoms. The van der Waals surface area contributed by atoms with Crippen LogP contribution in [0.4, 0.5) is 11.4 Å². The molecule has 4 heteroatoms. The van der Waals surface area contributed by atoms with Crippen molar-refractivity contribution in [2.24, 2.45) is 5.92 Å². The lowest BCUT2D eigenvalue weighted by atomic mass is 9.78. The van der Waals surface area contributed by atoms with Crippen LogP contribution in [0.3, 0.4) is 0 Å². The van der Waals surface area contributed by atoms with E-state index in [1.54, 1.807) is 0 Å². The van der Waals surface area contributed by atoms with E-state index in [4.69, 9.17) is 5.73 Å². The Hall–Kier alpha value is -1.71. The van der Waals surface area contributed by atoms with E-state index >= 15 is 0 Å². The van der Waals surface area contributed by atoms with E-state index < -0.39 is 0 Å². The van der Waals surface area contributed by atoms with Crippen LogP contribution in [-0.4, -0.2) is 22.8 Å². The Bertz CT molecular complexity index is 616. The first-order valence-electron chi connectivity index (χ1n) is 7.82. The Morgan fingerprint density at radius 3 is 2.95 bits per heavy atom. The topological polar surface area (TPSA) is 57.9 Å². The fourth-order valence-electron chi connectivity index (χ4n) is 4.17. The van der Waals surface area contributed by atoms with Gasteiger partial charge in [0.1, 0.15) is 0 Å². The number of aromatic amines is 1. The van der Waals surface area contributed by atoms with Crippen molar-refractivity contribution in [2.75, 3.05) is 17.2 Å². The lowest BCUT2D eigenvalue weighted by Gasteiger charge is -2.45. The number of rotatable bonds is 1. The number of hydrogen-bond acceptors (Lipinski definition) is 3. The van der Waals surface area contributed by atoms with Gasteiger partial charge in [0.25, 0.3) is 0 Å². The maximum absolute atomic E-state index is 6.32. The van der Waals surface area contributed by atoms with Gasteiger partial charge in [-0.15, -0.1) is 0 Å². The van der Waals surface area contributed by atoms with Crippen molar-refractivity contribution in [3.63, 3.8) is 0 Å². The Kier molecular flexibility index (Phi) is 2.83. The van der Waals surface area contributed by atoms with Gasteiger partial charge in [0.05, 0.1) is 23.1 Å². The Morgan fingerprint density at radius 1 is 1.15 bits per heavy atom. The molecule has 1 saturated heterocycles. The third-order valence-corrected chi connectivity index (χ3v) is 5.14. The standard InChI is InChI=1S/C16H22N4/c17-13-8-12-10-18-19-14(12)9-16(13)20-7-3-5-11-4-1-2-6-15(11)20/h8-11,15H,1-7,17H2,(H,18,19). The summed E-state index contributed by atoms with van der Waals surface area (Å²) in [5, 5.41) is 8.28. The lowest BCUT2D eigenvalue weighted by molar-refractivity contribution is 0.244. The molecule has 0 spiro atoms. The zero-order valence-corrected chi connectivity index (χ0v) is 11.8. The first kappa shape index (κ1) is 12.1. The maximum atomic E-state index is 6.32. The fraction of sp³-hybridized carbons (Fsp3) is 0.562. The van der Waals surface area contributed by atoms with Gasteiger partial charge < -0.3 is 10.6 Å². The molecule has 0 amide bonds. The first-order chi connectivity index (χ1) is 9.83. The highest BCUT2D eigenvalue weighted by Gasteiger charge is 2.34. The SMILES string of the molecule is Nc1cc2cn[nH]c2cc1N1CCCC2CCCCC21. The van der Waals surface area contributed by atoms with Crippen LogP contribution in [0.1, 0.15) is 38.5 Å². The van der Waals surface area contributed by atoms with E-state index in [2.05, 4.69) is 27.2 Å². The minimum atomic E-state index is 0.695. The van der Waals surface area contributed by atoms with Gasteiger partial charge in [0.2, 0.25) is 0 Å². The summed E-state index contributed by atoms with van der Waals surface area (Å²) in [5.41, 5.74) is 9.51. The van der Waals surface area contributed by atoms with Crippen LogP contribution in [0.5, 0.6) is 0 Å². The summed E-state index contributed by atoms with van der Waals surface area (Å²) >= 11 is 0. The lowest BCUT2D eigenvalue weighted by Crippen LogP contribution is -2.47. The van der Waals surface area contributed by atoms with Crippen molar-refractivity contribution in [2.45, 2.75) is 44.6 Å². The summed E-state index contributed by atoms with van der Waals surface area (Å²) in [6.07, 6.45) is 10.0. The molecule has 1 aromatic carbocycles. The van der Waals surface area contributed by atoms with Crippen LogP contribution in [0.2, 0.25) is 0 Å². The van der Waals surface area contributed by atoms with Gasteiger partial charge in [-0.3, -0.25) is 5.10 Å². The summed E-state index contributed by atoms with van der Waals surface area (Å²) in [7, 11) is 0. The molecule has 1 saturated carbocycles. The summed E-state index contributed by atoms with van der Waals surface area (Å²) in [6, 6.07) is 4.94. The van der Waals surface area contributed by atoms with Gasteiger partial charge in [-0.25, -0.2) is 0 Å². The number of piperidine rings is 1. The van der Waals surface area contributed by atoms with Crippen LogP contribution in [0.15, 0.2) is 18.3 Å². The van der Waals surface area contributed by atoms with Crippen molar-refractivity contribution in [1.82, 2.24) is 10.2 Å². The second kappa shape index (κ2) is 4.69. The normalized spacial score (nSPS) is 26.7. The third kappa shape index (κ3) is 1.86. The molecule has 2 aromatic rings. The van der Waals surface area contributed by atoms with Crippen LogP contribution in [0.25, 0.3) is 10.9 Å². The Labute approximate surface area is 119 Å². The minimum Gasteiger partial charge on any atom is -0.397 e. The fourth-order valence-corrected chi connectivity index (χ4v) is 4.17. The molecule has 20 heavy (non-hydrogen) atoms. The van der Waals surface area contributed by atoms with Crippen LogP contribution in [-0.2, 0) is 0 Å². The van der Waals surface area contributed by atoms with E-state index in [0.717, 1.165) is 29.1 Å². The van der Waals surface area contributed by atoms with Crippen LogP contribution in [0, 0.1) is 5.92 Å². The van der Waals surface area contributed by atoms with Crippen molar-refractivity contribution in [3.8, 4) is 0 Å². The molecule has 1 aliphatic carbocycles. The van der Waals surface area contributed by atoms with Gasteiger partial charge >= 0.3 is 0 Å². The highest BCUT2D eigenvalue weighted by molar-refractivity contribution is 5.89. The Morgan fingerprint density at radius 2 is 2.00 bits per heavy atom. The number of nitrogens with zero attached hydrogens (tertiary/aromatic N) is 2. The summed E-state index contributed by atoms with van der Waals surface area (Å²) in [4.78, 5) is 2.57. The van der Waals surface area contributed by atoms with Gasteiger partial charge in [-0.05, 0) is 43.7 Å². The zero-order valence-electron chi connectivity index (χ0n) is 11.8. The second-order valence-corrected chi connectivity index (χ2v) is 6.32.